The Morgan fingerprint density at radius 1 is 1.22 bits per heavy atom. The highest BCUT2D eigenvalue weighted by Crippen LogP contribution is 2.00. The minimum atomic E-state index is -0.398. The fourth-order valence-electron chi connectivity index (χ4n) is 0.796. The standard InChI is InChI=1S/C9H10O3.2C3H6/c10-6-7-12-9(11)8-4-2-1-3-5-8;2*1-3-2/h1-5,10H,6-7H2;2*3H,1H2,2H3. The smallest absolute Gasteiger partial charge is 0.338 e. The van der Waals surface area contributed by atoms with Gasteiger partial charge in [-0.1, -0.05) is 30.4 Å². The summed E-state index contributed by atoms with van der Waals surface area (Å²) in [5.41, 5.74) is 0.506. The number of aliphatic hydroxyl groups is 1. The number of rotatable bonds is 3. The predicted octanol–water partition coefficient (Wildman–Crippen LogP) is 3.22. The molecule has 1 aromatic rings. The van der Waals surface area contributed by atoms with Gasteiger partial charge in [-0.25, -0.2) is 4.79 Å². The number of allylic oxidation sites excluding steroid dienone is 2. The summed E-state index contributed by atoms with van der Waals surface area (Å²) in [6.45, 7) is 10.4. The lowest BCUT2D eigenvalue weighted by Crippen LogP contribution is -2.08. The highest BCUT2D eigenvalue weighted by molar-refractivity contribution is 5.89. The number of benzene rings is 1. The van der Waals surface area contributed by atoms with Crippen molar-refractivity contribution >= 4 is 5.97 Å². The van der Waals surface area contributed by atoms with Crippen LogP contribution in [0.2, 0.25) is 0 Å². The lowest BCUT2D eigenvalue weighted by atomic mass is 10.2. The average molecular weight is 250 g/mol. The summed E-state index contributed by atoms with van der Waals surface area (Å²) in [5.74, 6) is -0.398. The lowest BCUT2D eigenvalue weighted by Gasteiger charge is -2.00. The molecule has 0 saturated heterocycles. The number of hydrogen-bond donors (Lipinski definition) is 1. The van der Waals surface area contributed by atoms with Crippen molar-refractivity contribution in [3.8, 4) is 0 Å². The van der Waals surface area contributed by atoms with Crippen LogP contribution in [0, 0.1) is 0 Å². The molecule has 1 N–H and O–H groups in total. The first-order valence-corrected chi connectivity index (χ1v) is 5.65. The van der Waals surface area contributed by atoms with Gasteiger partial charge in [-0.15, -0.1) is 13.2 Å². The summed E-state index contributed by atoms with van der Waals surface area (Å²) >= 11 is 0. The molecule has 0 amide bonds. The Labute approximate surface area is 109 Å². The molecule has 0 aromatic heterocycles. The Morgan fingerprint density at radius 3 is 2.06 bits per heavy atom. The van der Waals surface area contributed by atoms with Gasteiger partial charge in [-0.05, 0) is 26.0 Å². The first-order chi connectivity index (χ1) is 8.67. The molecule has 1 aromatic carbocycles. The van der Waals surface area contributed by atoms with E-state index in [-0.39, 0.29) is 13.2 Å². The topological polar surface area (TPSA) is 46.5 Å². The third-order valence-corrected chi connectivity index (χ3v) is 1.33. The van der Waals surface area contributed by atoms with Gasteiger partial charge in [0.25, 0.3) is 0 Å². The first-order valence-electron chi connectivity index (χ1n) is 5.65. The molecule has 100 valence electrons. The molecule has 0 unspecified atom stereocenters. The molecule has 0 radical (unpaired) electrons. The minimum Gasteiger partial charge on any atom is -0.460 e. The van der Waals surface area contributed by atoms with Gasteiger partial charge >= 0.3 is 5.97 Å². The van der Waals surface area contributed by atoms with E-state index in [1.807, 2.05) is 19.9 Å². The first kappa shape index (κ1) is 18.5. The molecule has 3 heteroatoms. The molecule has 0 aliphatic rings. The SMILES string of the molecule is C=CC.C=CC.O=C(OCCO)c1ccccc1. The Morgan fingerprint density at radius 2 is 1.67 bits per heavy atom. The molecule has 18 heavy (non-hydrogen) atoms. The highest BCUT2D eigenvalue weighted by Gasteiger charge is 2.03. The van der Waals surface area contributed by atoms with Crippen molar-refractivity contribution < 1.29 is 14.6 Å². The third-order valence-electron chi connectivity index (χ3n) is 1.33. The van der Waals surface area contributed by atoms with Crippen molar-refractivity contribution in [3.05, 3.63) is 61.2 Å². The van der Waals surface area contributed by atoms with Crippen LogP contribution in [0.4, 0.5) is 0 Å². The lowest BCUT2D eigenvalue weighted by molar-refractivity contribution is 0.0434. The summed E-state index contributed by atoms with van der Waals surface area (Å²) in [4.78, 5) is 11.1. The van der Waals surface area contributed by atoms with Crippen molar-refractivity contribution in [1.82, 2.24) is 0 Å². The van der Waals surface area contributed by atoms with Gasteiger partial charge in [-0.3, -0.25) is 0 Å². The number of hydrogen-bond acceptors (Lipinski definition) is 3. The highest BCUT2D eigenvalue weighted by atomic mass is 16.5. The van der Waals surface area contributed by atoms with Crippen LogP contribution in [0.15, 0.2) is 55.6 Å². The molecule has 1 rings (SSSR count). The van der Waals surface area contributed by atoms with E-state index in [4.69, 9.17) is 5.11 Å². The van der Waals surface area contributed by atoms with E-state index < -0.39 is 5.97 Å². The maximum atomic E-state index is 11.1. The molecule has 0 atom stereocenters. The molecular formula is C15H22O3. The molecule has 0 saturated carbocycles. The summed E-state index contributed by atoms with van der Waals surface area (Å²) in [6, 6.07) is 8.67. The molecule has 0 aliphatic heterocycles. The van der Waals surface area contributed by atoms with Crippen LogP contribution in [0.5, 0.6) is 0 Å². The molecule has 0 heterocycles. The molecule has 0 aliphatic carbocycles. The summed E-state index contributed by atoms with van der Waals surface area (Å²) in [6.07, 6.45) is 3.50. The van der Waals surface area contributed by atoms with Gasteiger partial charge in [-0.2, -0.15) is 0 Å². The van der Waals surface area contributed by atoms with Crippen molar-refractivity contribution in [2.75, 3.05) is 13.2 Å². The van der Waals surface area contributed by atoms with Crippen LogP contribution in [0.3, 0.4) is 0 Å². The number of carbonyl (C=O) groups excluding carboxylic acids is 1. The van der Waals surface area contributed by atoms with Gasteiger partial charge in [0.1, 0.15) is 6.61 Å². The second kappa shape index (κ2) is 15.1. The van der Waals surface area contributed by atoms with E-state index in [0.717, 1.165) is 0 Å². The molecular weight excluding hydrogens is 228 g/mol. The zero-order valence-corrected chi connectivity index (χ0v) is 11.1. The van der Waals surface area contributed by atoms with Gasteiger partial charge < -0.3 is 9.84 Å². The van der Waals surface area contributed by atoms with Crippen LogP contribution in [0.25, 0.3) is 0 Å². The van der Waals surface area contributed by atoms with Crippen molar-refractivity contribution in [2.45, 2.75) is 13.8 Å². The monoisotopic (exact) mass is 250 g/mol. The number of esters is 1. The number of aliphatic hydroxyl groups excluding tert-OH is 1. The molecule has 3 nitrogen and oxygen atoms in total. The Balaban J connectivity index is 0. The normalized spacial score (nSPS) is 7.72. The van der Waals surface area contributed by atoms with Crippen LogP contribution >= 0.6 is 0 Å². The fraction of sp³-hybridized carbons (Fsp3) is 0.267. The molecule has 0 bridgehead atoms. The maximum absolute atomic E-state index is 11.1. The average Bonchev–Trinajstić information content (AvgIpc) is 2.39. The van der Waals surface area contributed by atoms with E-state index in [0.29, 0.717) is 5.56 Å². The largest absolute Gasteiger partial charge is 0.460 e. The van der Waals surface area contributed by atoms with Gasteiger partial charge in [0.15, 0.2) is 0 Å². The van der Waals surface area contributed by atoms with Crippen LogP contribution < -0.4 is 0 Å². The Hall–Kier alpha value is -1.87. The van der Waals surface area contributed by atoms with Crippen molar-refractivity contribution in [3.63, 3.8) is 0 Å². The third kappa shape index (κ3) is 12.2. The fourth-order valence-corrected chi connectivity index (χ4v) is 0.796. The zero-order valence-electron chi connectivity index (χ0n) is 11.1. The molecule has 0 spiro atoms. The maximum Gasteiger partial charge on any atom is 0.338 e. The van der Waals surface area contributed by atoms with E-state index in [1.54, 1.807) is 36.4 Å². The Kier molecular flexibility index (Phi) is 15.5. The van der Waals surface area contributed by atoms with E-state index in [2.05, 4.69) is 17.9 Å². The van der Waals surface area contributed by atoms with Gasteiger partial charge in [0.2, 0.25) is 0 Å². The predicted molar refractivity (Wildman–Crippen MR) is 75.6 cm³/mol. The molecule has 0 fully saturated rings. The number of ether oxygens (including phenoxy) is 1. The summed E-state index contributed by atoms with van der Waals surface area (Å²) in [7, 11) is 0. The van der Waals surface area contributed by atoms with Crippen LogP contribution in [-0.4, -0.2) is 24.3 Å². The number of carbonyl (C=O) groups is 1. The quantitative estimate of drug-likeness (QED) is 0.662. The van der Waals surface area contributed by atoms with Crippen molar-refractivity contribution in [2.24, 2.45) is 0 Å². The van der Waals surface area contributed by atoms with Gasteiger partial charge in [0, 0.05) is 0 Å². The van der Waals surface area contributed by atoms with Crippen LogP contribution in [0.1, 0.15) is 24.2 Å². The van der Waals surface area contributed by atoms with E-state index in [9.17, 15) is 4.79 Å². The summed E-state index contributed by atoms with van der Waals surface area (Å²) in [5, 5.41) is 8.38. The van der Waals surface area contributed by atoms with E-state index in [1.165, 1.54) is 0 Å². The van der Waals surface area contributed by atoms with E-state index >= 15 is 0 Å². The second-order valence-corrected chi connectivity index (χ2v) is 3.04. The summed E-state index contributed by atoms with van der Waals surface area (Å²) < 4.78 is 4.69. The minimum absolute atomic E-state index is 0.0493. The Bertz CT molecular complexity index is 312. The van der Waals surface area contributed by atoms with Gasteiger partial charge in [0.05, 0.1) is 12.2 Å². The second-order valence-electron chi connectivity index (χ2n) is 3.04. The van der Waals surface area contributed by atoms with Crippen LogP contribution in [-0.2, 0) is 4.74 Å². The zero-order chi connectivity index (χ0) is 14.2. The van der Waals surface area contributed by atoms with Crippen molar-refractivity contribution in [1.29, 1.82) is 0 Å².